The highest BCUT2D eigenvalue weighted by molar-refractivity contribution is 5.88. The number of aromatic nitrogens is 1. The molecule has 1 heterocycles. The van der Waals surface area contributed by atoms with Crippen LogP contribution in [0.1, 0.15) is 16.1 Å². The third-order valence-electron chi connectivity index (χ3n) is 2.02. The van der Waals surface area contributed by atoms with Crippen molar-refractivity contribution in [3.05, 3.63) is 41.7 Å². The molecule has 0 aliphatic carbocycles. The highest BCUT2D eigenvalue weighted by Gasteiger charge is 1.95. The smallest absolute Gasteiger partial charge is 0.150 e. The van der Waals surface area contributed by atoms with Crippen LogP contribution in [0.2, 0.25) is 0 Å². The Hall–Kier alpha value is -1.70. The average Bonchev–Trinajstić information content (AvgIpc) is 2.17. The SMILES string of the molecule is Cc1cc2ccc(C=O)cc2cn1. The number of hydrogen-bond acceptors (Lipinski definition) is 2. The molecule has 2 heteroatoms. The second kappa shape index (κ2) is 2.98. The second-order valence-corrected chi connectivity index (χ2v) is 3.05. The molecular weight excluding hydrogens is 162 g/mol. The van der Waals surface area contributed by atoms with Gasteiger partial charge in [0.1, 0.15) is 6.29 Å². The molecule has 0 radical (unpaired) electrons. The molecule has 2 nitrogen and oxygen atoms in total. The van der Waals surface area contributed by atoms with E-state index in [1.54, 1.807) is 6.20 Å². The van der Waals surface area contributed by atoms with Crippen molar-refractivity contribution in [3.8, 4) is 0 Å². The van der Waals surface area contributed by atoms with Crippen molar-refractivity contribution in [3.63, 3.8) is 0 Å². The van der Waals surface area contributed by atoms with Crippen molar-refractivity contribution in [1.82, 2.24) is 4.98 Å². The topological polar surface area (TPSA) is 30.0 Å². The van der Waals surface area contributed by atoms with Crippen molar-refractivity contribution in [1.29, 1.82) is 0 Å². The summed E-state index contributed by atoms with van der Waals surface area (Å²) in [5.41, 5.74) is 1.68. The minimum Gasteiger partial charge on any atom is -0.298 e. The molecule has 0 saturated carbocycles. The number of carbonyl (C=O) groups excluding carboxylic acids is 1. The van der Waals surface area contributed by atoms with Gasteiger partial charge in [0.2, 0.25) is 0 Å². The summed E-state index contributed by atoms with van der Waals surface area (Å²) in [7, 11) is 0. The first-order valence-corrected chi connectivity index (χ1v) is 4.11. The third kappa shape index (κ3) is 1.43. The zero-order chi connectivity index (χ0) is 9.26. The highest BCUT2D eigenvalue weighted by Crippen LogP contribution is 2.14. The van der Waals surface area contributed by atoms with Gasteiger partial charge in [-0.15, -0.1) is 0 Å². The van der Waals surface area contributed by atoms with Crippen molar-refractivity contribution < 1.29 is 4.79 Å². The van der Waals surface area contributed by atoms with Gasteiger partial charge in [0, 0.05) is 22.8 Å². The number of pyridine rings is 1. The van der Waals surface area contributed by atoms with Crippen LogP contribution in [-0.2, 0) is 0 Å². The Morgan fingerprint density at radius 2 is 2.08 bits per heavy atom. The molecule has 0 spiro atoms. The Bertz CT molecular complexity index is 463. The molecular formula is C11H9NO. The predicted molar refractivity (Wildman–Crippen MR) is 51.9 cm³/mol. The van der Waals surface area contributed by atoms with Crippen LogP contribution in [0.25, 0.3) is 10.8 Å². The van der Waals surface area contributed by atoms with Gasteiger partial charge in [0.25, 0.3) is 0 Å². The van der Waals surface area contributed by atoms with Gasteiger partial charge in [-0.2, -0.15) is 0 Å². The summed E-state index contributed by atoms with van der Waals surface area (Å²) in [5.74, 6) is 0. The van der Waals surface area contributed by atoms with Gasteiger partial charge in [0.05, 0.1) is 0 Å². The molecule has 0 fully saturated rings. The largest absolute Gasteiger partial charge is 0.298 e. The lowest BCUT2D eigenvalue weighted by atomic mass is 10.1. The maximum Gasteiger partial charge on any atom is 0.150 e. The van der Waals surface area contributed by atoms with Crippen LogP contribution in [0, 0.1) is 6.92 Å². The van der Waals surface area contributed by atoms with Gasteiger partial charge >= 0.3 is 0 Å². The van der Waals surface area contributed by atoms with Gasteiger partial charge in [-0.25, -0.2) is 0 Å². The summed E-state index contributed by atoms with van der Waals surface area (Å²) in [6, 6.07) is 7.60. The Morgan fingerprint density at radius 1 is 1.23 bits per heavy atom. The van der Waals surface area contributed by atoms with E-state index in [1.807, 2.05) is 31.2 Å². The Kier molecular flexibility index (Phi) is 1.81. The number of benzene rings is 1. The molecule has 1 aromatic carbocycles. The fraction of sp³-hybridized carbons (Fsp3) is 0.0909. The number of rotatable bonds is 1. The van der Waals surface area contributed by atoms with Gasteiger partial charge in [-0.3, -0.25) is 9.78 Å². The summed E-state index contributed by atoms with van der Waals surface area (Å²) in [4.78, 5) is 14.7. The average molecular weight is 171 g/mol. The maximum atomic E-state index is 10.5. The number of fused-ring (bicyclic) bond motifs is 1. The van der Waals surface area contributed by atoms with E-state index in [4.69, 9.17) is 0 Å². The third-order valence-corrected chi connectivity index (χ3v) is 2.02. The Balaban J connectivity index is 2.73. The standard InChI is InChI=1S/C11H9NO/c1-8-4-10-3-2-9(7-13)5-11(10)6-12-8/h2-7H,1H3. The summed E-state index contributed by atoms with van der Waals surface area (Å²) in [6.45, 7) is 1.95. The molecule has 1 aromatic heterocycles. The summed E-state index contributed by atoms with van der Waals surface area (Å²) < 4.78 is 0. The van der Waals surface area contributed by atoms with E-state index in [-0.39, 0.29) is 0 Å². The van der Waals surface area contributed by atoms with Crippen molar-refractivity contribution >= 4 is 17.1 Å². The Morgan fingerprint density at radius 3 is 2.85 bits per heavy atom. The van der Waals surface area contributed by atoms with Crippen LogP contribution >= 0.6 is 0 Å². The molecule has 2 rings (SSSR count). The molecule has 0 aliphatic heterocycles. The van der Waals surface area contributed by atoms with Crippen LogP contribution in [0.3, 0.4) is 0 Å². The maximum absolute atomic E-state index is 10.5. The zero-order valence-electron chi connectivity index (χ0n) is 7.32. The van der Waals surface area contributed by atoms with E-state index >= 15 is 0 Å². The Labute approximate surface area is 76.2 Å². The van der Waals surface area contributed by atoms with Crippen molar-refractivity contribution in [2.45, 2.75) is 6.92 Å². The van der Waals surface area contributed by atoms with Gasteiger partial charge in [-0.05, 0) is 24.4 Å². The molecule has 64 valence electrons. The van der Waals surface area contributed by atoms with Crippen LogP contribution < -0.4 is 0 Å². The fourth-order valence-corrected chi connectivity index (χ4v) is 1.34. The second-order valence-electron chi connectivity index (χ2n) is 3.05. The van der Waals surface area contributed by atoms with Crippen LogP contribution in [0.5, 0.6) is 0 Å². The number of aldehydes is 1. The normalized spacial score (nSPS) is 10.2. The van der Waals surface area contributed by atoms with Gasteiger partial charge in [0.15, 0.2) is 0 Å². The monoisotopic (exact) mass is 171 g/mol. The van der Waals surface area contributed by atoms with E-state index in [2.05, 4.69) is 4.98 Å². The van der Waals surface area contributed by atoms with Crippen molar-refractivity contribution in [2.75, 3.05) is 0 Å². The minimum atomic E-state index is 0.693. The van der Waals surface area contributed by atoms with E-state index < -0.39 is 0 Å². The highest BCUT2D eigenvalue weighted by atomic mass is 16.1. The van der Waals surface area contributed by atoms with Crippen LogP contribution in [0.15, 0.2) is 30.5 Å². The first-order chi connectivity index (χ1) is 6.29. The summed E-state index contributed by atoms with van der Waals surface area (Å²) in [6.07, 6.45) is 2.64. The van der Waals surface area contributed by atoms with Crippen molar-refractivity contribution in [2.24, 2.45) is 0 Å². The molecule has 0 N–H and O–H groups in total. The number of carbonyl (C=O) groups is 1. The molecule has 0 aliphatic rings. The first kappa shape index (κ1) is 7.92. The minimum absolute atomic E-state index is 0.693. The molecule has 0 unspecified atom stereocenters. The molecule has 0 bridgehead atoms. The molecule has 0 saturated heterocycles. The van der Waals surface area contributed by atoms with Crippen LogP contribution in [-0.4, -0.2) is 11.3 Å². The van der Waals surface area contributed by atoms with Gasteiger partial charge in [-0.1, -0.05) is 12.1 Å². The van der Waals surface area contributed by atoms with E-state index in [1.165, 1.54) is 0 Å². The number of hydrogen-bond donors (Lipinski definition) is 0. The number of nitrogens with zero attached hydrogens (tertiary/aromatic N) is 1. The van der Waals surface area contributed by atoms with E-state index in [0.717, 1.165) is 22.8 Å². The lowest BCUT2D eigenvalue weighted by Gasteiger charge is -1.98. The zero-order valence-corrected chi connectivity index (χ0v) is 7.32. The molecule has 0 amide bonds. The predicted octanol–water partition coefficient (Wildman–Crippen LogP) is 2.36. The first-order valence-electron chi connectivity index (χ1n) is 4.11. The lowest BCUT2D eigenvalue weighted by molar-refractivity contribution is 0.112. The molecule has 2 aromatic rings. The fourth-order valence-electron chi connectivity index (χ4n) is 1.34. The van der Waals surface area contributed by atoms with Crippen LogP contribution in [0.4, 0.5) is 0 Å². The lowest BCUT2D eigenvalue weighted by Crippen LogP contribution is -1.83. The molecule has 13 heavy (non-hydrogen) atoms. The van der Waals surface area contributed by atoms with E-state index in [9.17, 15) is 4.79 Å². The van der Waals surface area contributed by atoms with Gasteiger partial charge < -0.3 is 0 Å². The number of aryl methyl sites for hydroxylation is 1. The summed E-state index contributed by atoms with van der Waals surface area (Å²) >= 11 is 0. The molecule has 0 atom stereocenters. The summed E-state index contributed by atoms with van der Waals surface area (Å²) in [5, 5.41) is 2.13. The quantitative estimate of drug-likeness (QED) is 0.616. The van der Waals surface area contributed by atoms with E-state index in [0.29, 0.717) is 5.56 Å².